The van der Waals surface area contributed by atoms with Gasteiger partial charge >= 0.3 is 0 Å². The van der Waals surface area contributed by atoms with Crippen molar-refractivity contribution in [2.45, 2.75) is 95.6 Å². The van der Waals surface area contributed by atoms with E-state index in [0.29, 0.717) is 87.2 Å². The largest absolute Gasteiger partial charge is 0.481 e. The van der Waals surface area contributed by atoms with Crippen molar-refractivity contribution in [3.63, 3.8) is 0 Å². The first-order valence-electron chi connectivity index (χ1n) is 21.8. The second-order valence-corrected chi connectivity index (χ2v) is 17.8. The van der Waals surface area contributed by atoms with Crippen molar-refractivity contribution in [1.29, 1.82) is 0 Å². The van der Waals surface area contributed by atoms with Gasteiger partial charge in [0.1, 0.15) is 17.1 Å². The Morgan fingerprint density at radius 3 is 2.64 bits per heavy atom. The normalized spacial score (nSPS) is 18.2. The van der Waals surface area contributed by atoms with Crippen molar-refractivity contribution >= 4 is 40.4 Å². The van der Waals surface area contributed by atoms with Crippen LogP contribution in [0.25, 0.3) is 0 Å². The number of morpholine rings is 1. The van der Waals surface area contributed by atoms with Crippen molar-refractivity contribution in [1.82, 2.24) is 25.0 Å². The maximum absolute atomic E-state index is 13.4. The summed E-state index contributed by atoms with van der Waals surface area (Å²) in [7, 11) is 0. The van der Waals surface area contributed by atoms with E-state index < -0.39 is 0 Å². The number of aromatic nitrogens is 1. The van der Waals surface area contributed by atoms with Crippen LogP contribution in [0.4, 0.5) is 11.4 Å². The Bertz CT molecular complexity index is 1890. The van der Waals surface area contributed by atoms with E-state index in [0.717, 1.165) is 81.7 Å². The number of nitrogen functional groups attached to an aromatic ring is 1. The molecule has 1 saturated carbocycles. The van der Waals surface area contributed by atoms with Crippen LogP contribution in [-0.4, -0.2) is 128 Å². The smallest absolute Gasteiger partial charge is 0.273 e. The summed E-state index contributed by atoms with van der Waals surface area (Å²) >= 11 is 1.57. The van der Waals surface area contributed by atoms with Crippen LogP contribution in [0.5, 0.6) is 5.75 Å². The Kier molecular flexibility index (Phi) is 14.9. The first kappa shape index (κ1) is 43.0. The lowest BCUT2D eigenvalue weighted by molar-refractivity contribution is -0.134. The minimum Gasteiger partial charge on any atom is -0.481 e. The molecule has 13 nitrogen and oxygen atoms in total. The van der Waals surface area contributed by atoms with Crippen molar-refractivity contribution in [3.8, 4) is 5.75 Å². The molecule has 3 aromatic rings. The highest BCUT2D eigenvalue weighted by atomic mass is 32.1. The van der Waals surface area contributed by atoms with E-state index in [1.807, 2.05) is 16.3 Å². The number of hydrogen-bond acceptors (Lipinski definition) is 11. The Morgan fingerprint density at radius 2 is 1.86 bits per heavy atom. The summed E-state index contributed by atoms with van der Waals surface area (Å²) in [5.74, 6) is 0.965. The molecule has 1 aromatic heterocycles. The van der Waals surface area contributed by atoms with Gasteiger partial charge in [-0.1, -0.05) is 57.0 Å². The fraction of sp³-hybridized carbons (Fsp3) is 0.600. The van der Waals surface area contributed by atoms with E-state index in [9.17, 15) is 14.4 Å². The van der Waals surface area contributed by atoms with Gasteiger partial charge in [0.2, 0.25) is 5.91 Å². The number of anilines is 2. The lowest BCUT2D eigenvalue weighted by Gasteiger charge is -2.47. The third-order valence-corrected chi connectivity index (χ3v) is 13.5. The summed E-state index contributed by atoms with van der Waals surface area (Å²) in [4.78, 5) is 49.7. The van der Waals surface area contributed by atoms with Crippen LogP contribution in [0.1, 0.15) is 96.9 Å². The minimum atomic E-state index is -0.267. The number of benzene rings is 2. The molecule has 1 aliphatic carbocycles. The molecule has 320 valence electrons. The van der Waals surface area contributed by atoms with Gasteiger partial charge in [-0.15, -0.1) is 11.3 Å². The lowest BCUT2D eigenvalue weighted by atomic mass is 9.89. The van der Waals surface area contributed by atoms with Gasteiger partial charge in [0.05, 0.1) is 49.1 Å². The number of amides is 3. The van der Waals surface area contributed by atoms with Gasteiger partial charge in [-0.25, -0.2) is 4.98 Å². The molecule has 1 spiro atoms. The third kappa shape index (κ3) is 11.4. The molecule has 14 heteroatoms. The molecule has 0 bridgehead atoms. The van der Waals surface area contributed by atoms with E-state index in [1.165, 1.54) is 24.0 Å². The van der Waals surface area contributed by atoms with Crippen LogP contribution in [0, 0.1) is 0 Å². The number of ether oxygens (including phenoxy) is 3. The van der Waals surface area contributed by atoms with Gasteiger partial charge in [0.25, 0.3) is 11.8 Å². The molecule has 4 aliphatic rings. The zero-order valence-electron chi connectivity index (χ0n) is 35.0. The lowest BCUT2D eigenvalue weighted by Crippen LogP contribution is -2.58. The molecule has 59 heavy (non-hydrogen) atoms. The van der Waals surface area contributed by atoms with Crippen molar-refractivity contribution < 1.29 is 28.6 Å². The molecule has 3 aliphatic heterocycles. The molecule has 2 saturated heterocycles. The van der Waals surface area contributed by atoms with Crippen LogP contribution >= 0.6 is 11.3 Å². The summed E-state index contributed by atoms with van der Waals surface area (Å²) in [6.07, 6.45) is 9.20. The highest BCUT2D eigenvalue weighted by Gasteiger charge is 2.41. The van der Waals surface area contributed by atoms with Crippen molar-refractivity contribution in [3.05, 3.63) is 69.2 Å². The summed E-state index contributed by atoms with van der Waals surface area (Å²) < 4.78 is 18.1. The predicted molar refractivity (Wildman–Crippen MR) is 231 cm³/mol. The number of rotatable bonds is 18. The maximum Gasteiger partial charge on any atom is 0.273 e. The van der Waals surface area contributed by atoms with E-state index >= 15 is 0 Å². The predicted octanol–water partition coefficient (Wildman–Crippen LogP) is 5.28. The van der Waals surface area contributed by atoms with Crippen LogP contribution in [-0.2, 0) is 38.3 Å². The number of fused-ring (bicyclic) bond motifs is 1. The number of nitrogens with two attached hydrogens (primary N) is 1. The van der Waals surface area contributed by atoms with Gasteiger partial charge in [-0.3, -0.25) is 14.4 Å². The molecule has 0 atom stereocenters. The molecule has 3 amide bonds. The van der Waals surface area contributed by atoms with Crippen LogP contribution < -0.4 is 21.1 Å². The summed E-state index contributed by atoms with van der Waals surface area (Å²) in [6.45, 7) is 12.0. The number of likely N-dealkylation sites (tertiary alicyclic amines) is 1. The quantitative estimate of drug-likeness (QED) is 0.114. The van der Waals surface area contributed by atoms with Gasteiger partial charge in [-0.2, -0.15) is 0 Å². The zero-order chi connectivity index (χ0) is 41.2. The second kappa shape index (κ2) is 20.5. The van der Waals surface area contributed by atoms with Gasteiger partial charge < -0.3 is 45.3 Å². The molecule has 7 rings (SSSR count). The van der Waals surface area contributed by atoms with Gasteiger partial charge in [0, 0.05) is 56.6 Å². The maximum atomic E-state index is 13.4. The van der Waals surface area contributed by atoms with Crippen LogP contribution in [0.2, 0.25) is 0 Å². The number of nitrogens with one attached hydrogen (secondary N) is 2. The fourth-order valence-corrected chi connectivity index (χ4v) is 9.67. The molecule has 2 aromatic carbocycles. The number of hydrogen-bond donors (Lipinski definition) is 3. The highest BCUT2D eigenvalue weighted by Crippen LogP contribution is 2.37. The first-order valence-corrected chi connectivity index (χ1v) is 22.6. The minimum absolute atomic E-state index is 0.00853. The molecule has 0 radical (unpaired) electrons. The monoisotopic (exact) mass is 829 g/mol. The highest BCUT2D eigenvalue weighted by molar-refractivity contribution is 7.09. The van der Waals surface area contributed by atoms with E-state index in [1.54, 1.807) is 17.4 Å². The van der Waals surface area contributed by atoms with Crippen molar-refractivity contribution in [2.24, 2.45) is 0 Å². The fourth-order valence-electron chi connectivity index (χ4n) is 8.86. The average molecular weight is 830 g/mol. The number of carbonyl (C=O) groups excluding carboxylic acids is 3. The number of thiazole rings is 1. The van der Waals surface area contributed by atoms with Crippen molar-refractivity contribution in [2.75, 3.05) is 89.8 Å². The van der Waals surface area contributed by atoms with Gasteiger partial charge in [-0.05, 0) is 74.2 Å². The zero-order valence-corrected chi connectivity index (χ0v) is 35.8. The Labute approximate surface area is 353 Å². The van der Waals surface area contributed by atoms with Crippen LogP contribution in [0.15, 0.2) is 41.8 Å². The van der Waals surface area contributed by atoms with E-state index in [-0.39, 0.29) is 29.9 Å². The summed E-state index contributed by atoms with van der Waals surface area (Å²) in [5.41, 5.74) is 11.0. The third-order valence-electron chi connectivity index (χ3n) is 12.3. The average Bonchev–Trinajstić information content (AvgIpc) is 3.97. The number of nitrogens with zero attached hydrogens (tertiary/aromatic N) is 4. The molecule has 3 fully saturated rings. The Hall–Kier alpha value is -4.08. The van der Waals surface area contributed by atoms with E-state index in [4.69, 9.17) is 19.9 Å². The number of piperidine rings is 1. The van der Waals surface area contributed by atoms with Gasteiger partial charge in [0.15, 0.2) is 6.61 Å². The molecule has 4 N–H and O–H groups in total. The molecule has 0 unspecified atom stereocenters. The Balaban J connectivity index is 0.786. The topological polar surface area (TPSA) is 152 Å². The molecular formula is C45H63N7O6S. The SMILES string of the molecule is CC(C)c1nc(C(=O)N2CCOC3(CCN(CCc4cccc(CCOCCC(=O)N(CCNCCc5ccc(N)c6c5OCC(=O)N6)C5CCCC5)c4)CC3)C2)cs1. The second-order valence-electron chi connectivity index (χ2n) is 16.9. The summed E-state index contributed by atoms with van der Waals surface area (Å²) in [5, 5.41) is 9.23. The summed E-state index contributed by atoms with van der Waals surface area (Å²) in [6, 6.07) is 12.8. The standard InChI is InChI=1S/C45H63N7O6S/c1-32(2)43-48-38(30-59-43)44(55)51-24-27-58-45(31-51)16-21-50(22-17-45)20-13-33-6-5-7-34(28-33)14-25-56-26-15-40(54)52(36-8-3-4-9-36)23-19-47-18-12-35-10-11-37(46)41-42(35)57-29-39(53)49-41/h5-7,10-11,28,30,32,36,47H,3-4,8-9,12-27,29,31,46H2,1-2H3,(H,49,53). The van der Waals surface area contributed by atoms with Crippen LogP contribution in [0.3, 0.4) is 0 Å². The van der Waals surface area contributed by atoms with E-state index in [2.05, 4.69) is 63.5 Å². The Morgan fingerprint density at radius 1 is 1.07 bits per heavy atom. The first-order chi connectivity index (χ1) is 28.7. The molecular weight excluding hydrogens is 767 g/mol. The molecule has 4 heterocycles. The number of carbonyl (C=O) groups is 3.